The summed E-state index contributed by atoms with van der Waals surface area (Å²) in [5.74, 6) is 5.13. The second-order valence-electron chi connectivity index (χ2n) is 5.27. The number of nitrogens with zero attached hydrogens (tertiary/aromatic N) is 2. The first-order valence-electron chi connectivity index (χ1n) is 6.69. The van der Waals surface area contributed by atoms with Gasteiger partial charge in [0.05, 0.1) is 6.20 Å². The second-order valence-corrected chi connectivity index (χ2v) is 6.08. The van der Waals surface area contributed by atoms with Crippen LogP contribution in [0.4, 0.5) is 11.5 Å². The van der Waals surface area contributed by atoms with Crippen molar-refractivity contribution < 1.29 is 9.90 Å². The van der Waals surface area contributed by atoms with Gasteiger partial charge in [-0.1, -0.05) is 17.9 Å². The lowest BCUT2D eigenvalue weighted by molar-refractivity contribution is 0.102. The molecule has 1 amide bonds. The summed E-state index contributed by atoms with van der Waals surface area (Å²) in [7, 11) is 0. The van der Waals surface area contributed by atoms with E-state index in [1.807, 2.05) is 0 Å². The van der Waals surface area contributed by atoms with Crippen LogP contribution in [0.25, 0.3) is 0 Å². The van der Waals surface area contributed by atoms with E-state index in [-0.39, 0.29) is 11.5 Å². The topological polar surface area (TPSA) is 101 Å². The van der Waals surface area contributed by atoms with E-state index in [0.717, 1.165) is 0 Å². The number of hydrogen-bond acceptors (Lipinski definition) is 5. The smallest absolute Gasteiger partial charge is 0.278 e. The average molecular weight is 375 g/mol. The summed E-state index contributed by atoms with van der Waals surface area (Å²) < 4.78 is 0.418. The maximum atomic E-state index is 12.2. The molecule has 118 valence electrons. The summed E-state index contributed by atoms with van der Waals surface area (Å²) in [6, 6.07) is 6.94. The third-order valence-corrected chi connectivity index (χ3v) is 3.00. The Labute approximate surface area is 142 Å². The molecule has 0 saturated heterocycles. The highest BCUT2D eigenvalue weighted by atomic mass is 79.9. The fraction of sp³-hybridized carbons (Fsp3) is 0.188. The van der Waals surface area contributed by atoms with Crippen molar-refractivity contribution in [1.82, 2.24) is 9.97 Å². The molecule has 1 aromatic heterocycles. The first kappa shape index (κ1) is 16.9. The molecule has 0 atom stereocenters. The Morgan fingerprint density at radius 2 is 2.17 bits per heavy atom. The predicted molar refractivity (Wildman–Crippen MR) is 91.7 cm³/mol. The van der Waals surface area contributed by atoms with Crippen molar-refractivity contribution in [1.29, 1.82) is 0 Å². The van der Waals surface area contributed by atoms with E-state index in [1.54, 1.807) is 38.1 Å². The molecule has 0 saturated carbocycles. The number of aromatic nitrogens is 2. The van der Waals surface area contributed by atoms with E-state index >= 15 is 0 Å². The molecular formula is C16H15BrN4O2. The Morgan fingerprint density at radius 3 is 2.87 bits per heavy atom. The molecule has 0 aliphatic heterocycles. The number of nitrogen functional groups attached to an aromatic ring is 1. The lowest BCUT2D eigenvalue weighted by Gasteiger charge is -2.08. The first-order chi connectivity index (χ1) is 10.7. The molecule has 0 unspecified atom stereocenters. The molecule has 0 bridgehead atoms. The van der Waals surface area contributed by atoms with E-state index in [1.165, 1.54) is 6.20 Å². The third-order valence-electron chi connectivity index (χ3n) is 2.62. The number of carbonyl (C=O) groups is 1. The summed E-state index contributed by atoms with van der Waals surface area (Å²) in [6.45, 7) is 3.20. The largest absolute Gasteiger partial charge is 0.382 e. The molecule has 0 fully saturated rings. The van der Waals surface area contributed by atoms with Gasteiger partial charge in [0.15, 0.2) is 11.5 Å². The SMILES string of the molecule is CC(C)(O)C#Cc1cccc(NC(=O)c2nc(Br)cnc2N)c1. The Morgan fingerprint density at radius 1 is 1.43 bits per heavy atom. The van der Waals surface area contributed by atoms with Gasteiger partial charge in [-0.3, -0.25) is 4.79 Å². The molecule has 6 nitrogen and oxygen atoms in total. The molecule has 0 spiro atoms. The van der Waals surface area contributed by atoms with E-state index < -0.39 is 11.5 Å². The number of carbonyl (C=O) groups excluding carboxylic acids is 1. The molecule has 2 aromatic rings. The van der Waals surface area contributed by atoms with Crippen molar-refractivity contribution in [3.05, 3.63) is 46.3 Å². The Balaban J connectivity index is 2.21. The van der Waals surface area contributed by atoms with Gasteiger partial charge in [0.25, 0.3) is 5.91 Å². The van der Waals surface area contributed by atoms with Crippen LogP contribution in [-0.4, -0.2) is 26.6 Å². The van der Waals surface area contributed by atoms with Crippen molar-refractivity contribution in [3.63, 3.8) is 0 Å². The van der Waals surface area contributed by atoms with Crippen molar-refractivity contribution >= 4 is 33.3 Å². The summed E-state index contributed by atoms with van der Waals surface area (Å²) in [5.41, 5.74) is 5.82. The summed E-state index contributed by atoms with van der Waals surface area (Å²) in [5, 5.41) is 12.3. The summed E-state index contributed by atoms with van der Waals surface area (Å²) in [4.78, 5) is 20.1. The second kappa shape index (κ2) is 6.77. The van der Waals surface area contributed by atoms with Crippen LogP contribution in [0, 0.1) is 11.8 Å². The summed E-state index contributed by atoms with van der Waals surface area (Å²) in [6.07, 6.45) is 1.42. The number of aliphatic hydroxyl groups is 1. The highest BCUT2D eigenvalue weighted by Gasteiger charge is 2.14. The van der Waals surface area contributed by atoms with Crippen LogP contribution >= 0.6 is 15.9 Å². The van der Waals surface area contributed by atoms with Gasteiger partial charge in [-0.2, -0.15) is 0 Å². The predicted octanol–water partition coefficient (Wildman–Crippen LogP) is 2.20. The standard InChI is InChI=1S/C16H15BrN4O2/c1-16(2,23)7-6-10-4-3-5-11(8-10)20-15(22)13-14(18)19-9-12(17)21-13/h3-5,8-9,23H,1-2H3,(H2,18,19)(H,20,22). The zero-order valence-electron chi connectivity index (χ0n) is 12.6. The maximum absolute atomic E-state index is 12.2. The van der Waals surface area contributed by atoms with Crippen LogP contribution in [0.15, 0.2) is 35.1 Å². The molecule has 23 heavy (non-hydrogen) atoms. The molecule has 7 heteroatoms. The lowest BCUT2D eigenvalue weighted by atomic mass is 10.1. The van der Waals surface area contributed by atoms with Crippen LogP contribution in [-0.2, 0) is 0 Å². The number of anilines is 2. The number of hydrogen-bond donors (Lipinski definition) is 3. The van der Waals surface area contributed by atoms with Gasteiger partial charge in [-0.15, -0.1) is 0 Å². The first-order valence-corrected chi connectivity index (χ1v) is 7.49. The number of nitrogens with two attached hydrogens (primary N) is 1. The number of nitrogens with one attached hydrogen (secondary N) is 1. The summed E-state index contributed by atoms with van der Waals surface area (Å²) >= 11 is 3.15. The van der Waals surface area contributed by atoms with Crippen LogP contribution in [0.1, 0.15) is 29.9 Å². The van der Waals surface area contributed by atoms with Crippen LogP contribution in [0.2, 0.25) is 0 Å². The highest BCUT2D eigenvalue weighted by molar-refractivity contribution is 9.10. The number of amides is 1. The average Bonchev–Trinajstić information content (AvgIpc) is 2.47. The minimum absolute atomic E-state index is 0.0346. The molecule has 1 aromatic carbocycles. The van der Waals surface area contributed by atoms with E-state index in [9.17, 15) is 9.90 Å². The zero-order valence-corrected chi connectivity index (χ0v) is 14.2. The molecule has 1 heterocycles. The normalized spacial score (nSPS) is 10.6. The van der Waals surface area contributed by atoms with Crippen molar-refractivity contribution in [3.8, 4) is 11.8 Å². The number of rotatable bonds is 2. The van der Waals surface area contributed by atoms with E-state index in [0.29, 0.717) is 15.9 Å². The van der Waals surface area contributed by atoms with Gasteiger partial charge < -0.3 is 16.2 Å². The van der Waals surface area contributed by atoms with E-state index in [2.05, 4.69) is 43.1 Å². The van der Waals surface area contributed by atoms with Gasteiger partial charge in [-0.25, -0.2) is 9.97 Å². The van der Waals surface area contributed by atoms with Gasteiger partial charge in [0.1, 0.15) is 10.2 Å². The zero-order chi connectivity index (χ0) is 17.0. The molecular weight excluding hydrogens is 360 g/mol. The van der Waals surface area contributed by atoms with Gasteiger partial charge >= 0.3 is 0 Å². The Bertz CT molecular complexity index is 804. The van der Waals surface area contributed by atoms with E-state index in [4.69, 9.17) is 5.73 Å². The molecule has 0 radical (unpaired) electrons. The van der Waals surface area contributed by atoms with Crippen molar-refractivity contribution in [2.45, 2.75) is 19.4 Å². The van der Waals surface area contributed by atoms with Crippen LogP contribution < -0.4 is 11.1 Å². The molecule has 0 aliphatic carbocycles. The van der Waals surface area contributed by atoms with Crippen molar-refractivity contribution in [2.75, 3.05) is 11.1 Å². The number of benzene rings is 1. The molecule has 4 N–H and O–H groups in total. The Kier molecular flexibility index (Phi) is 4.98. The lowest BCUT2D eigenvalue weighted by Crippen LogP contribution is -2.17. The van der Waals surface area contributed by atoms with Gasteiger partial charge in [0, 0.05) is 11.3 Å². The van der Waals surface area contributed by atoms with Crippen LogP contribution in [0.5, 0.6) is 0 Å². The van der Waals surface area contributed by atoms with Gasteiger partial charge in [-0.05, 0) is 48.0 Å². The highest BCUT2D eigenvalue weighted by Crippen LogP contribution is 2.15. The molecule has 0 aliphatic rings. The fourth-order valence-corrected chi connectivity index (χ4v) is 1.91. The fourth-order valence-electron chi connectivity index (χ4n) is 1.63. The molecule has 2 rings (SSSR count). The minimum Gasteiger partial charge on any atom is -0.382 e. The third kappa shape index (κ3) is 5.06. The van der Waals surface area contributed by atoms with Gasteiger partial charge in [0.2, 0.25) is 0 Å². The number of halogens is 1. The van der Waals surface area contributed by atoms with Crippen molar-refractivity contribution in [2.24, 2.45) is 0 Å². The Hall–Kier alpha value is -2.43. The monoisotopic (exact) mass is 374 g/mol. The quantitative estimate of drug-likeness (QED) is 0.699. The van der Waals surface area contributed by atoms with Crippen LogP contribution in [0.3, 0.4) is 0 Å². The maximum Gasteiger partial charge on any atom is 0.278 e. The minimum atomic E-state index is -1.08.